The number of thioether (sulfide) groups is 1. The number of nitrogens with two attached hydrogens (primary N) is 1. The molecule has 1 aromatic carbocycles. The predicted molar refractivity (Wildman–Crippen MR) is 84.1 cm³/mol. The van der Waals surface area contributed by atoms with E-state index < -0.39 is 0 Å². The summed E-state index contributed by atoms with van der Waals surface area (Å²) in [5, 5.41) is 0.195. The Morgan fingerprint density at radius 3 is 2.80 bits per heavy atom. The molecule has 0 aliphatic carbocycles. The molecule has 1 heterocycles. The number of hydrogen-bond donors (Lipinski definition) is 1. The van der Waals surface area contributed by atoms with E-state index >= 15 is 0 Å². The van der Waals surface area contributed by atoms with Crippen LogP contribution in [-0.2, 0) is 0 Å². The number of rotatable bonds is 6. The summed E-state index contributed by atoms with van der Waals surface area (Å²) < 4.78 is 5.27. The van der Waals surface area contributed by atoms with Crippen LogP contribution in [0.25, 0.3) is 0 Å². The fourth-order valence-corrected chi connectivity index (χ4v) is 3.26. The van der Waals surface area contributed by atoms with Crippen molar-refractivity contribution in [3.05, 3.63) is 54.4 Å². The summed E-state index contributed by atoms with van der Waals surface area (Å²) in [6.45, 7) is 2.11. The first-order valence-corrected chi connectivity index (χ1v) is 7.58. The van der Waals surface area contributed by atoms with E-state index in [2.05, 4.69) is 24.0 Å². The molecule has 0 aliphatic heterocycles. The number of ether oxygens (including phenoxy) is 1. The molecule has 4 heteroatoms. The molecule has 2 unspecified atom stereocenters. The lowest BCUT2D eigenvalue weighted by atomic mass is 10.1. The zero-order valence-corrected chi connectivity index (χ0v) is 12.6. The van der Waals surface area contributed by atoms with E-state index in [1.807, 2.05) is 30.5 Å². The van der Waals surface area contributed by atoms with Crippen LogP contribution in [0.5, 0.6) is 5.75 Å². The Kier molecular flexibility index (Phi) is 5.44. The van der Waals surface area contributed by atoms with Gasteiger partial charge in [0.25, 0.3) is 0 Å². The van der Waals surface area contributed by atoms with Crippen molar-refractivity contribution >= 4 is 11.8 Å². The van der Waals surface area contributed by atoms with Crippen molar-refractivity contribution in [2.75, 3.05) is 7.11 Å². The van der Waals surface area contributed by atoms with E-state index in [0.29, 0.717) is 0 Å². The molecule has 0 spiro atoms. The van der Waals surface area contributed by atoms with Gasteiger partial charge in [0.2, 0.25) is 0 Å². The topological polar surface area (TPSA) is 48.1 Å². The molecule has 0 amide bonds. The van der Waals surface area contributed by atoms with E-state index in [0.717, 1.165) is 22.6 Å². The summed E-state index contributed by atoms with van der Waals surface area (Å²) in [5.74, 6) is 0.866. The van der Waals surface area contributed by atoms with Gasteiger partial charge in [-0.2, -0.15) is 0 Å². The second kappa shape index (κ2) is 7.31. The Hall–Kier alpha value is -1.52. The Bertz CT molecular complexity index is 533. The highest BCUT2D eigenvalue weighted by Gasteiger charge is 2.20. The van der Waals surface area contributed by atoms with Crippen molar-refractivity contribution in [2.45, 2.75) is 29.5 Å². The molecule has 0 fully saturated rings. The number of benzene rings is 1. The fraction of sp³-hybridized carbons (Fsp3) is 0.312. The zero-order valence-electron chi connectivity index (χ0n) is 11.8. The van der Waals surface area contributed by atoms with Crippen LogP contribution in [-0.4, -0.2) is 18.1 Å². The van der Waals surface area contributed by atoms with Crippen molar-refractivity contribution in [3.8, 4) is 5.75 Å². The Balaban J connectivity index is 2.24. The lowest BCUT2D eigenvalue weighted by Crippen LogP contribution is -2.25. The minimum absolute atomic E-state index is 0.0930. The van der Waals surface area contributed by atoms with Gasteiger partial charge in [0, 0.05) is 23.3 Å². The maximum Gasteiger partial charge on any atom is 0.119 e. The molecule has 2 atom stereocenters. The maximum atomic E-state index is 6.29. The SMILES string of the molecule is CCC(N)C(Sc1cccc(OC)c1)c1cccnc1. The minimum Gasteiger partial charge on any atom is -0.497 e. The summed E-state index contributed by atoms with van der Waals surface area (Å²) in [7, 11) is 1.68. The van der Waals surface area contributed by atoms with Crippen LogP contribution in [0.1, 0.15) is 24.2 Å². The number of aromatic nitrogens is 1. The van der Waals surface area contributed by atoms with E-state index in [1.165, 1.54) is 0 Å². The lowest BCUT2D eigenvalue weighted by Gasteiger charge is -2.22. The summed E-state index contributed by atoms with van der Waals surface area (Å²) >= 11 is 1.76. The van der Waals surface area contributed by atoms with Crippen molar-refractivity contribution in [2.24, 2.45) is 5.73 Å². The smallest absolute Gasteiger partial charge is 0.119 e. The molecule has 0 bridgehead atoms. The Morgan fingerprint density at radius 2 is 2.15 bits per heavy atom. The van der Waals surface area contributed by atoms with Gasteiger partial charge in [-0.15, -0.1) is 11.8 Å². The number of nitrogens with zero attached hydrogens (tertiary/aromatic N) is 1. The molecule has 3 nitrogen and oxygen atoms in total. The van der Waals surface area contributed by atoms with E-state index in [9.17, 15) is 0 Å². The van der Waals surface area contributed by atoms with Crippen molar-refractivity contribution < 1.29 is 4.74 Å². The molecule has 2 N–H and O–H groups in total. The largest absolute Gasteiger partial charge is 0.497 e. The number of pyridine rings is 1. The zero-order chi connectivity index (χ0) is 14.4. The third-order valence-corrected chi connectivity index (χ3v) is 4.58. The van der Waals surface area contributed by atoms with Gasteiger partial charge in [-0.3, -0.25) is 4.98 Å². The predicted octanol–water partition coefficient (Wildman–Crippen LogP) is 3.66. The highest BCUT2D eigenvalue weighted by atomic mass is 32.2. The van der Waals surface area contributed by atoms with Gasteiger partial charge in [-0.25, -0.2) is 0 Å². The van der Waals surface area contributed by atoms with Crippen LogP contribution in [0, 0.1) is 0 Å². The lowest BCUT2D eigenvalue weighted by molar-refractivity contribution is 0.413. The second-order valence-corrected chi connectivity index (χ2v) is 5.79. The molecular formula is C16H20N2OS. The summed E-state index contributed by atoms with van der Waals surface area (Å²) in [5.41, 5.74) is 7.45. The number of hydrogen-bond acceptors (Lipinski definition) is 4. The standard InChI is InChI=1S/C16H20N2OS/c1-3-15(17)16(12-6-5-9-18-11-12)20-14-8-4-7-13(10-14)19-2/h4-11,15-16H,3,17H2,1-2H3. The molecule has 20 heavy (non-hydrogen) atoms. The molecule has 106 valence electrons. The van der Waals surface area contributed by atoms with Crippen molar-refractivity contribution in [3.63, 3.8) is 0 Å². The third-order valence-electron chi connectivity index (χ3n) is 3.18. The van der Waals surface area contributed by atoms with Crippen LogP contribution in [0.15, 0.2) is 53.7 Å². The average molecular weight is 288 g/mol. The second-order valence-electron chi connectivity index (χ2n) is 4.58. The average Bonchev–Trinajstić information content (AvgIpc) is 2.53. The van der Waals surface area contributed by atoms with Gasteiger partial charge in [0.1, 0.15) is 5.75 Å². The molecule has 1 aromatic heterocycles. The van der Waals surface area contributed by atoms with Gasteiger partial charge in [0.15, 0.2) is 0 Å². The highest BCUT2D eigenvalue weighted by molar-refractivity contribution is 7.99. The third kappa shape index (κ3) is 3.74. The van der Waals surface area contributed by atoms with Crippen molar-refractivity contribution in [1.29, 1.82) is 0 Å². The first-order valence-electron chi connectivity index (χ1n) is 6.70. The van der Waals surface area contributed by atoms with Crippen LogP contribution in [0.3, 0.4) is 0 Å². The van der Waals surface area contributed by atoms with Crippen LogP contribution < -0.4 is 10.5 Å². The molecule has 0 radical (unpaired) electrons. The maximum absolute atomic E-state index is 6.29. The van der Waals surface area contributed by atoms with Gasteiger partial charge < -0.3 is 10.5 Å². The molecule has 2 rings (SSSR count). The van der Waals surface area contributed by atoms with E-state index in [4.69, 9.17) is 10.5 Å². The normalized spacial score (nSPS) is 13.8. The van der Waals surface area contributed by atoms with Crippen LogP contribution in [0.4, 0.5) is 0 Å². The number of methoxy groups -OCH3 is 1. The summed E-state index contributed by atoms with van der Waals surface area (Å²) in [6, 6.07) is 12.2. The van der Waals surface area contributed by atoms with Gasteiger partial charge in [-0.05, 0) is 36.2 Å². The molecule has 0 saturated heterocycles. The van der Waals surface area contributed by atoms with E-state index in [-0.39, 0.29) is 11.3 Å². The van der Waals surface area contributed by atoms with Gasteiger partial charge in [-0.1, -0.05) is 19.1 Å². The fourth-order valence-electron chi connectivity index (χ4n) is 1.98. The van der Waals surface area contributed by atoms with Crippen LogP contribution >= 0.6 is 11.8 Å². The monoisotopic (exact) mass is 288 g/mol. The first kappa shape index (κ1) is 14.9. The van der Waals surface area contributed by atoms with Crippen molar-refractivity contribution in [1.82, 2.24) is 4.98 Å². The Labute approximate surface area is 124 Å². The molecule has 0 saturated carbocycles. The molecule has 0 aliphatic rings. The quantitative estimate of drug-likeness (QED) is 0.824. The first-order chi connectivity index (χ1) is 9.74. The van der Waals surface area contributed by atoms with Gasteiger partial charge in [0.05, 0.1) is 12.4 Å². The Morgan fingerprint density at radius 1 is 1.30 bits per heavy atom. The van der Waals surface area contributed by atoms with Crippen LogP contribution in [0.2, 0.25) is 0 Å². The summed E-state index contributed by atoms with van der Waals surface area (Å²) in [6.07, 6.45) is 4.61. The van der Waals surface area contributed by atoms with E-state index in [1.54, 1.807) is 25.1 Å². The molecular weight excluding hydrogens is 268 g/mol. The highest BCUT2D eigenvalue weighted by Crippen LogP contribution is 2.38. The van der Waals surface area contributed by atoms with Gasteiger partial charge >= 0.3 is 0 Å². The molecule has 2 aromatic rings. The minimum atomic E-state index is 0.0930. The summed E-state index contributed by atoms with van der Waals surface area (Å²) in [4.78, 5) is 5.36.